The topological polar surface area (TPSA) is 92.8 Å². The Labute approximate surface area is 239 Å². The van der Waals surface area contributed by atoms with Crippen LogP contribution in [-0.2, 0) is 23.9 Å². The lowest BCUT2D eigenvalue weighted by atomic mass is 9.55. The molecule has 3 aliphatic carbocycles. The van der Waals surface area contributed by atoms with Crippen LogP contribution in [0.1, 0.15) is 78.8 Å². The first kappa shape index (κ1) is 26.9. The Morgan fingerprint density at radius 3 is 1.78 bits per heavy atom. The number of hydrogen-bond acceptors (Lipinski definition) is 5. The SMILES string of the molecule is CCCC[C@H](C(=O)OCC(=O)N[C@H](C)c1ccccc1)N1C(=O)[C@H]2C3c4ccccc4C(c4ccccc43)[C@@H]2C1=O. The third-order valence-corrected chi connectivity index (χ3v) is 8.92. The van der Waals surface area contributed by atoms with Crippen LogP contribution in [0.3, 0.4) is 0 Å². The highest BCUT2D eigenvalue weighted by Gasteiger charge is 2.63. The van der Waals surface area contributed by atoms with Gasteiger partial charge in [0, 0.05) is 11.8 Å². The van der Waals surface area contributed by atoms with Crippen LogP contribution < -0.4 is 5.32 Å². The minimum atomic E-state index is -1.06. The lowest BCUT2D eigenvalue weighted by Gasteiger charge is -2.45. The van der Waals surface area contributed by atoms with Crippen LogP contribution in [0.2, 0.25) is 0 Å². The molecule has 0 saturated carbocycles. The fraction of sp³-hybridized carbons (Fsp3) is 0.353. The minimum Gasteiger partial charge on any atom is -0.454 e. The molecule has 7 nitrogen and oxygen atoms in total. The molecule has 7 heteroatoms. The standard InChI is InChI=1S/C34H34N2O5/c1-3-4-18-26(34(40)41-19-27(37)35-20(2)21-12-6-5-7-13-21)36-32(38)30-28-22-14-8-9-15-23(22)29(31(30)33(36)39)25-17-11-10-16-24(25)28/h5-17,20,26,28-31H,3-4,18-19H2,1-2H3,(H,35,37)/t20-,26-,28?,29?,30+,31+/m1/s1. The summed E-state index contributed by atoms with van der Waals surface area (Å²) in [7, 11) is 0. The molecule has 41 heavy (non-hydrogen) atoms. The van der Waals surface area contributed by atoms with Crippen molar-refractivity contribution in [3.63, 3.8) is 0 Å². The highest BCUT2D eigenvalue weighted by atomic mass is 16.5. The first-order chi connectivity index (χ1) is 19.9. The van der Waals surface area contributed by atoms with E-state index in [4.69, 9.17) is 4.74 Å². The fourth-order valence-electron chi connectivity index (χ4n) is 7.10. The number of imide groups is 1. The Morgan fingerprint density at radius 1 is 0.805 bits per heavy atom. The number of hydrogen-bond donors (Lipinski definition) is 1. The molecule has 3 amide bonds. The largest absolute Gasteiger partial charge is 0.454 e. The predicted octanol–water partition coefficient (Wildman–Crippen LogP) is 4.86. The molecule has 1 aliphatic heterocycles. The Hall–Kier alpha value is -4.26. The van der Waals surface area contributed by atoms with Crippen molar-refractivity contribution in [1.82, 2.24) is 10.2 Å². The highest BCUT2D eigenvalue weighted by Crippen LogP contribution is 2.61. The van der Waals surface area contributed by atoms with Gasteiger partial charge in [-0.2, -0.15) is 0 Å². The van der Waals surface area contributed by atoms with Crippen LogP contribution in [0.15, 0.2) is 78.9 Å². The molecule has 1 saturated heterocycles. The molecule has 0 radical (unpaired) electrons. The van der Waals surface area contributed by atoms with Crippen LogP contribution in [0.25, 0.3) is 0 Å². The van der Waals surface area contributed by atoms with Crippen molar-refractivity contribution in [3.05, 3.63) is 107 Å². The lowest BCUT2D eigenvalue weighted by Crippen LogP contribution is -2.47. The van der Waals surface area contributed by atoms with Crippen molar-refractivity contribution in [1.29, 1.82) is 0 Å². The van der Waals surface area contributed by atoms with Gasteiger partial charge < -0.3 is 10.1 Å². The molecule has 4 atom stereocenters. The molecule has 7 rings (SSSR count). The fourth-order valence-corrected chi connectivity index (χ4v) is 7.10. The van der Waals surface area contributed by atoms with Gasteiger partial charge in [-0.1, -0.05) is 98.6 Å². The average Bonchev–Trinajstić information content (AvgIpc) is 3.26. The van der Waals surface area contributed by atoms with Crippen molar-refractivity contribution in [2.45, 2.75) is 57.0 Å². The molecule has 3 aromatic carbocycles. The summed E-state index contributed by atoms with van der Waals surface area (Å²) in [5.41, 5.74) is 5.25. The minimum absolute atomic E-state index is 0.244. The van der Waals surface area contributed by atoms with Crippen LogP contribution in [-0.4, -0.2) is 41.2 Å². The van der Waals surface area contributed by atoms with Crippen molar-refractivity contribution in [2.24, 2.45) is 11.8 Å². The summed E-state index contributed by atoms with van der Waals surface area (Å²) in [6, 6.07) is 24.3. The molecular formula is C34H34N2O5. The Bertz CT molecular complexity index is 1390. The van der Waals surface area contributed by atoms with Gasteiger partial charge in [0.05, 0.1) is 17.9 Å². The predicted molar refractivity (Wildman–Crippen MR) is 153 cm³/mol. The van der Waals surface area contributed by atoms with Crippen molar-refractivity contribution in [3.8, 4) is 0 Å². The van der Waals surface area contributed by atoms with Gasteiger partial charge in [-0.3, -0.25) is 19.3 Å². The third-order valence-electron chi connectivity index (χ3n) is 8.92. The van der Waals surface area contributed by atoms with Crippen molar-refractivity contribution >= 4 is 23.7 Å². The van der Waals surface area contributed by atoms with E-state index < -0.39 is 36.4 Å². The summed E-state index contributed by atoms with van der Waals surface area (Å²) >= 11 is 0. The maximum absolute atomic E-state index is 14.1. The molecule has 210 valence electrons. The highest BCUT2D eigenvalue weighted by molar-refractivity contribution is 6.10. The Morgan fingerprint density at radius 2 is 1.29 bits per heavy atom. The number of nitrogens with zero attached hydrogens (tertiary/aromatic N) is 1. The van der Waals surface area contributed by atoms with Crippen LogP contribution in [0, 0.1) is 11.8 Å². The summed E-state index contributed by atoms with van der Waals surface area (Å²) in [6.07, 6.45) is 1.71. The second-order valence-corrected chi connectivity index (χ2v) is 11.3. The number of carbonyl (C=O) groups excluding carboxylic acids is 4. The van der Waals surface area contributed by atoms with Gasteiger partial charge in [-0.05, 0) is 41.2 Å². The smallest absolute Gasteiger partial charge is 0.329 e. The summed E-state index contributed by atoms with van der Waals surface area (Å²) in [4.78, 5) is 55.5. The molecule has 0 unspecified atom stereocenters. The van der Waals surface area contributed by atoms with Crippen LogP contribution >= 0.6 is 0 Å². The molecule has 0 spiro atoms. The number of esters is 1. The quantitative estimate of drug-likeness (QED) is 0.304. The van der Waals surface area contributed by atoms with Gasteiger partial charge >= 0.3 is 5.97 Å². The maximum atomic E-state index is 14.1. The Balaban J connectivity index is 1.24. The third kappa shape index (κ3) is 4.53. The Kier molecular flexibility index (Phi) is 7.20. The summed E-state index contributed by atoms with van der Waals surface area (Å²) in [6.45, 7) is 3.36. The normalized spacial score (nSPS) is 23.3. The summed E-state index contributed by atoms with van der Waals surface area (Å²) < 4.78 is 5.46. The zero-order valence-electron chi connectivity index (χ0n) is 23.3. The molecule has 1 N–H and O–H groups in total. The number of nitrogens with one attached hydrogen (secondary N) is 1. The zero-order chi connectivity index (χ0) is 28.7. The first-order valence-electron chi connectivity index (χ1n) is 14.5. The van der Waals surface area contributed by atoms with Gasteiger partial charge in [0.25, 0.3) is 5.91 Å². The van der Waals surface area contributed by atoms with E-state index in [2.05, 4.69) is 29.6 Å². The molecule has 2 bridgehead atoms. The molecule has 1 fully saturated rings. The van der Waals surface area contributed by atoms with Crippen molar-refractivity contribution in [2.75, 3.05) is 6.61 Å². The molecule has 4 aliphatic rings. The van der Waals surface area contributed by atoms with Gasteiger partial charge in [-0.15, -0.1) is 0 Å². The van der Waals surface area contributed by atoms with E-state index in [0.29, 0.717) is 12.8 Å². The van der Waals surface area contributed by atoms with E-state index in [9.17, 15) is 19.2 Å². The number of benzene rings is 3. The summed E-state index contributed by atoms with van der Waals surface area (Å²) in [5, 5.41) is 2.84. The van der Waals surface area contributed by atoms with E-state index in [1.807, 2.05) is 68.4 Å². The van der Waals surface area contributed by atoms with E-state index in [0.717, 1.165) is 34.2 Å². The monoisotopic (exact) mass is 550 g/mol. The van der Waals surface area contributed by atoms with Crippen LogP contribution in [0.5, 0.6) is 0 Å². The second-order valence-electron chi connectivity index (χ2n) is 11.3. The molecular weight excluding hydrogens is 516 g/mol. The number of unbranched alkanes of at least 4 members (excludes halogenated alkanes) is 1. The number of likely N-dealkylation sites (tertiary alicyclic amines) is 1. The average molecular weight is 551 g/mol. The summed E-state index contributed by atoms with van der Waals surface area (Å²) in [5.74, 6) is -3.42. The number of amides is 3. The first-order valence-corrected chi connectivity index (χ1v) is 14.5. The second kappa shape index (κ2) is 11.0. The van der Waals surface area contributed by atoms with E-state index in [-0.39, 0.29) is 29.7 Å². The zero-order valence-corrected chi connectivity index (χ0v) is 23.3. The van der Waals surface area contributed by atoms with E-state index in [1.54, 1.807) is 0 Å². The van der Waals surface area contributed by atoms with Gasteiger partial charge in [0.1, 0.15) is 6.04 Å². The maximum Gasteiger partial charge on any atom is 0.329 e. The van der Waals surface area contributed by atoms with Gasteiger partial charge in [0.15, 0.2) is 6.61 Å². The molecule has 1 heterocycles. The van der Waals surface area contributed by atoms with Gasteiger partial charge in [-0.25, -0.2) is 4.79 Å². The van der Waals surface area contributed by atoms with Crippen molar-refractivity contribution < 1.29 is 23.9 Å². The van der Waals surface area contributed by atoms with E-state index >= 15 is 0 Å². The van der Waals surface area contributed by atoms with Gasteiger partial charge in [0.2, 0.25) is 11.8 Å². The number of ether oxygens (including phenoxy) is 1. The lowest BCUT2D eigenvalue weighted by molar-refractivity contribution is -0.161. The number of rotatable bonds is 9. The van der Waals surface area contributed by atoms with E-state index in [1.165, 1.54) is 4.90 Å². The van der Waals surface area contributed by atoms with Crippen LogP contribution in [0.4, 0.5) is 0 Å². The molecule has 3 aromatic rings. The number of carbonyl (C=O) groups is 4. The molecule has 0 aromatic heterocycles.